The van der Waals surface area contributed by atoms with E-state index >= 15 is 0 Å². The molecule has 1 heterocycles. The van der Waals surface area contributed by atoms with Crippen molar-refractivity contribution < 1.29 is 4.79 Å². The van der Waals surface area contributed by atoms with Crippen LogP contribution in [0, 0.1) is 23.2 Å². The molecule has 4 saturated carbocycles. The van der Waals surface area contributed by atoms with Crippen LogP contribution in [0.5, 0.6) is 0 Å². The highest BCUT2D eigenvalue weighted by Gasteiger charge is 2.51. The van der Waals surface area contributed by atoms with Crippen LogP contribution < -0.4 is 5.32 Å². The van der Waals surface area contributed by atoms with Gasteiger partial charge in [0.25, 0.3) is 0 Å². The van der Waals surface area contributed by atoms with Gasteiger partial charge in [0.1, 0.15) is 5.82 Å². The molecule has 0 saturated heterocycles. The normalized spacial score (nSPS) is 29.4. The molecule has 5 nitrogen and oxygen atoms in total. The maximum atomic E-state index is 12.3. The number of rotatable bonds is 6. The second-order valence-electron chi connectivity index (χ2n) is 9.55. The topological polar surface area (TPSA) is 59.8 Å². The molecule has 4 aliphatic carbocycles. The Morgan fingerprint density at radius 3 is 2.30 bits per heavy atom. The molecular weight excluding hydrogens is 439 g/mol. The summed E-state index contributed by atoms with van der Waals surface area (Å²) in [7, 11) is 2.02. The summed E-state index contributed by atoms with van der Waals surface area (Å²) in [6, 6.07) is 5.00. The minimum absolute atomic E-state index is 0.121. The summed E-state index contributed by atoms with van der Waals surface area (Å²) in [4.78, 5) is 12.3. The van der Waals surface area contributed by atoms with E-state index in [1.165, 1.54) is 50.3 Å². The minimum Gasteiger partial charge on any atom is -0.325 e. The number of aromatic nitrogens is 3. The maximum Gasteiger partial charge on any atom is 0.234 e. The Morgan fingerprint density at radius 2 is 1.70 bits per heavy atom. The monoisotopic (exact) mass is 464 g/mol. The van der Waals surface area contributed by atoms with Gasteiger partial charge in [-0.2, -0.15) is 0 Å². The number of anilines is 1. The Labute approximate surface area is 191 Å². The first kappa shape index (κ1) is 20.7. The summed E-state index contributed by atoms with van der Waals surface area (Å²) in [5, 5.41) is 13.5. The van der Waals surface area contributed by atoms with E-state index in [0.717, 1.165) is 35.2 Å². The first-order valence-corrected chi connectivity index (χ1v) is 12.4. The molecule has 1 aromatic heterocycles. The number of hydrogen-bond acceptors (Lipinski definition) is 4. The van der Waals surface area contributed by atoms with Gasteiger partial charge in [-0.1, -0.05) is 35.0 Å². The van der Waals surface area contributed by atoms with Crippen LogP contribution in [0.15, 0.2) is 23.4 Å². The smallest absolute Gasteiger partial charge is 0.234 e. The van der Waals surface area contributed by atoms with Crippen LogP contribution >= 0.6 is 35.0 Å². The summed E-state index contributed by atoms with van der Waals surface area (Å²) >= 11 is 13.4. The molecule has 4 bridgehead atoms. The largest absolute Gasteiger partial charge is 0.325 e. The molecule has 0 spiro atoms. The van der Waals surface area contributed by atoms with E-state index in [2.05, 4.69) is 20.1 Å². The lowest BCUT2D eigenvalue weighted by atomic mass is 9.49. The van der Waals surface area contributed by atoms with Gasteiger partial charge in [-0.15, -0.1) is 10.2 Å². The quantitative estimate of drug-likeness (QED) is 0.564. The third kappa shape index (κ3) is 4.23. The molecule has 0 radical (unpaired) electrons. The number of carbonyl (C=O) groups is 1. The van der Waals surface area contributed by atoms with Gasteiger partial charge in [-0.3, -0.25) is 4.79 Å². The van der Waals surface area contributed by atoms with Crippen molar-refractivity contribution >= 4 is 46.6 Å². The van der Waals surface area contributed by atoms with Crippen molar-refractivity contribution in [3.8, 4) is 0 Å². The number of benzene rings is 1. The van der Waals surface area contributed by atoms with Gasteiger partial charge in [-0.25, -0.2) is 0 Å². The number of amides is 1. The number of nitrogens with zero attached hydrogens (tertiary/aromatic N) is 3. The molecule has 30 heavy (non-hydrogen) atoms. The molecule has 6 rings (SSSR count). The van der Waals surface area contributed by atoms with Crippen LogP contribution in [0.4, 0.5) is 5.69 Å². The van der Waals surface area contributed by atoms with Crippen molar-refractivity contribution in [1.82, 2.24) is 14.8 Å². The fourth-order valence-corrected chi connectivity index (χ4v) is 7.68. The third-order valence-electron chi connectivity index (χ3n) is 7.10. The molecule has 2 aromatic rings. The van der Waals surface area contributed by atoms with E-state index in [1.54, 1.807) is 18.2 Å². The Bertz CT molecular complexity index is 921. The van der Waals surface area contributed by atoms with Crippen LogP contribution in [0.1, 0.15) is 44.3 Å². The maximum absolute atomic E-state index is 12.3. The second kappa shape index (κ2) is 8.03. The van der Waals surface area contributed by atoms with Gasteiger partial charge in [0.15, 0.2) is 5.16 Å². The molecule has 1 N–H and O–H groups in total. The molecule has 1 amide bonds. The number of nitrogens with one attached hydrogen (secondary N) is 1. The molecule has 4 aliphatic rings. The highest BCUT2D eigenvalue weighted by Crippen LogP contribution is 2.60. The second-order valence-corrected chi connectivity index (χ2v) is 11.4. The molecule has 0 aliphatic heterocycles. The lowest BCUT2D eigenvalue weighted by molar-refractivity contribution is -0.113. The van der Waals surface area contributed by atoms with Crippen LogP contribution in [0.25, 0.3) is 0 Å². The van der Waals surface area contributed by atoms with Gasteiger partial charge >= 0.3 is 0 Å². The van der Waals surface area contributed by atoms with Crippen molar-refractivity contribution in [3.05, 3.63) is 34.1 Å². The fraction of sp³-hybridized carbons (Fsp3) is 0.591. The molecule has 160 valence electrons. The number of hydrogen-bond donors (Lipinski definition) is 1. The van der Waals surface area contributed by atoms with Crippen molar-refractivity contribution in [2.24, 2.45) is 30.2 Å². The van der Waals surface area contributed by atoms with Crippen molar-refractivity contribution in [2.45, 2.75) is 50.1 Å². The van der Waals surface area contributed by atoms with E-state index < -0.39 is 0 Å². The Hall–Kier alpha value is -1.24. The molecule has 1 aromatic carbocycles. The fourth-order valence-electron chi connectivity index (χ4n) is 6.42. The SMILES string of the molecule is Cn1c(CC23CC4CC(CC(C4)C2)C3)nnc1SCC(=O)Nc1cc(Cl)cc(Cl)c1. The van der Waals surface area contributed by atoms with Crippen LogP contribution in [-0.2, 0) is 18.3 Å². The lowest BCUT2D eigenvalue weighted by Crippen LogP contribution is -2.47. The third-order valence-corrected chi connectivity index (χ3v) is 8.56. The zero-order valence-electron chi connectivity index (χ0n) is 17.0. The van der Waals surface area contributed by atoms with E-state index in [1.807, 2.05) is 7.05 Å². The molecule has 0 atom stereocenters. The van der Waals surface area contributed by atoms with Gasteiger partial charge in [0.05, 0.1) is 5.75 Å². The van der Waals surface area contributed by atoms with Gasteiger partial charge < -0.3 is 9.88 Å². The lowest BCUT2D eigenvalue weighted by Gasteiger charge is -2.56. The Morgan fingerprint density at radius 1 is 1.10 bits per heavy atom. The Kier molecular flexibility index (Phi) is 5.53. The average Bonchev–Trinajstić information content (AvgIpc) is 2.97. The summed E-state index contributed by atoms with van der Waals surface area (Å²) in [6.07, 6.45) is 9.45. The predicted octanol–water partition coefficient (Wildman–Crippen LogP) is 5.61. The number of thioether (sulfide) groups is 1. The van der Waals surface area contributed by atoms with Crippen LogP contribution in [0.2, 0.25) is 10.0 Å². The number of halogens is 2. The number of carbonyl (C=O) groups excluding carboxylic acids is 1. The predicted molar refractivity (Wildman–Crippen MR) is 121 cm³/mol. The van der Waals surface area contributed by atoms with Gasteiger partial charge in [-0.05, 0) is 79.9 Å². The standard InChI is InChI=1S/C22H26Cl2N4OS/c1-28-19(11-22-8-13-2-14(9-22)4-15(3-13)10-22)26-27-21(28)30-12-20(29)25-18-6-16(23)5-17(24)7-18/h5-7,13-15H,2-4,8-12H2,1H3,(H,25,29). The highest BCUT2D eigenvalue weighted by atomic mass is 35.5. The Balaban J connectivity index is 1.21. The zero-order valence-corrected chi connectivity index (χ0v) is 19.4. The van der Waals surface area contributed by atoms with E-state index in [9.17, 15) is 4.79 Å². The molecule has 4 fully saturated rings. The van der Waals surface area contributed by atoms with E-state index in [4.69, 9.17) is 23.2 Å². The van der Waals surface area contributed by atoms with E-state index in [-0.39, 0.29) is 11.7 Å². The van der Waals surface area contributed by atoms with Crippen molar-refractivity contribution in [1.29, 1.82) is 0 Å². The summed E-state index contributed by atoms with van der Waals surface area (Å²) < 4.78 is 2.08. The average molecular weight is 465 g/mol. The minimum atomic E-state index is -0.121. The first-order valence-electron chi connectivity index (χ1n) is 10.6. The first-order chi connectivity index (χ1) is 14.4. The zero-order chi connectivity index (χ0) is 20.9. The van der Waals surface area contributed by atoms with Crippen molar-refractivity contribution in [3.63, 3.8) is 0 Å². The molecule has 0 unspecified atom stereocenters. The van der Waals surface area contributed by atoms with Gasteiger partial charge in [0, 0.05) is 29.2 Å². The molecule has 8 heteroatoms. The van der Waals surface area contributed by atoms with Crippen LogP contribution in [-0.4, -0.2) is 26.4 Å². The molecular formula is C22H26Cl2N4OS. The summed E-state index contributed by atoms with van der Waals surface area (Å²) in [5.41, 5.74) is 1.03. The van der Waals surface area contributed by atoms with Crippen LogP contribution in [0.3, 0.4) is 0 Å². The van der Waals surface area contributed by atoms with E-state index in [0.29, 0.717) is 21.1 Å². The summed E-state index contributed by atoms with van der Waals surface area (Å²) in [5.74, 6) is 3.99. The van der Waals surface area contributed by atoms with Gasteiger partial charge in [0.2, 0.25) is 5.91 Å². The summed E-state index contributed by atoms with van der Waals surface area (Å²) in [6.45, 7) is 0. The highest BCUT2D eigenvalue weighted by molar-refractivity contribution is 7.99. The van der Waals surface area contributed by atoms with Crippen molar-refractivity contribution in [2.75, 3.05) is 11.1 Å².